The normalized spacial score (nSPS) is 11.4. The van der Waals surface area contributed by atoms with Crippen molar-refractivity contribution in [3.8, 4) is 0 Å². The molecule has 2 aromatic rings. The SMILES string of the molecule is CC(Nc1cc(NC(=O)O)nc(N)c1[N+](=O)[O-])C(=O)c1ccccc1. The average molecular weight is 345 g/mol. The van der Waals surface area contributed by atoms with E-state index < -0.39 is 28.6 Å². The zero-order valence-corrected chi connectivity index (χ0v) is 13.1. The van der Waals surface area contributed by atoms with Gasteiger partial charge in [-0.3, -0.25) is 20.2 Å². The number of nitrogens with two attached hydrogens (primary N) is 1. The molecular weight excluding hydrogens is 330 g/mol. The standard InChI is InChI=1S/C15H15N5O5/c1-8(13(21)9-5-3-2-4-6-9)17-10-7-11(19-15(22)23)18-14(16)12(10)20(24)25/h2-8H,1H3,(H,22,23)(H4,16,17,18,19). The Morgan fingerprint density at radius 2 is 1.96 bits per heavy atom. The first kappa shape index (κ1) is 17.7. The maximum absolute atomic E-state index is 12.4. The molecule has 1 heterocycles. The minimum absolute atomic E-state index is 0.113. The number of carboxylic acid groups (broad SMARTS) is 1. The number of nitrogens with one attached hydrogen (secondary N) is 2. The number of rotatable bonds is 6. The Bertz CT molecular complexity index is 825. The van der Waals surface area contributed by atoms with Crippen molar-refractivity contribution >= 4 is 34.9 Å². The number of hydrogen-bond acceptors (Lipinski definition) is 7. The van der Waals surface area contributed by atoms with E-state index in [1.807, 2.05) is 5.32 Å². The summed E-state index contributed by atoms with van der Waals surface area (Å²) in [7, 11) is 0. The molecule has 10 heteroatoms. The molecule has 1 atom stereocenters. The first-order chi connectivity index (χ1) is 11.8. The van der Waals surface area contributed by atoms with Gasteiger partial charge in [0.25, 0.3) is 0 Å². The highest BCUT2D eigenvalue weighted by molar-refractivity contribution is 6.01. The Morgan fingerprint density at radius 3 is 2.52 bits per heavy atom. The Labute approximate surface area is 141 Å². The van der Waals surface area contributed by atoms with E-state index in [2.05, 4.69) is 10.3 Å². The number of amides is 1. The smallest absolute Gasteiger partial charge is 0.410 e. The van der Waals surface area contributed by atoms with Crippen LogP contribution in [0.1, 0.15) is 17.3 Å². The molecule has 0 aliphatic rings. The van der Waals surface area contributed by atoms with Gasteiger partial charge in [-0.1, -0.05) is 30.3 Å². The number of carbonyl (C=O) groups is 2. The van der Waals surface area contributed by atoms with Crippen LogP contribution in [0, 0.1) is 10.1 Å². The second kappa shape index (κ2) is 7.25. The zero-order valence-electron chi connectivity index (χ0n) is 13.1. The fourth-order valence-electron chi connectivity index (χ4n) is 2.18. The van der Waals surface area contributed by atoms with E-state index in [0.717, 1.165) is 6.07 Å². The number of benzene rings is 1. The topological polar surface area (TPSA) is 160 Å². The summed E-state index contributed by atoms with van der Waals surface area (Å²) >= 11 is 0. The number of pyridine rings is 1. The van der Waals surface area contributed by atoms with Crippen LogP contribution in [0.5, 0.6) is 0 Å². The third-order valence-corrected chi connectivity index (χ3v) is 3.26. The zero-order chi connectivity index (χ0) is 18.6. The van der Waals surface area contributed by atoms with Crippen LogP contribution in [0.25, 0.3) is 0 Å². The molecule has 1 unspecified atom stereocenters. The van der Waals surface area contributed by atoms with Gasteiger partial charge in [0.05, 0.1) is 11.0 Å². The molecular formula is C15H15N5O5. The summed E-state index contributed by atoms with van der Waals surface area (Å²) in [6, 6.07) is 8.68. The second-order valence-electron chi connectivity index (χ2n) is 5.07. The fourth-order valence-corrected chi connectivity index (χ4v) is 2.18. The maximum atomic E-state index is 12.4. The van der Waals surface area contributed by atoms with Crippen molar-refractivity contribution in [3.05, 3.63) is 52.1 Å². The average Bonchev–Trinajstić information content (AvgIpc) is 2.53. The molecule has 10 nitrogen and oxygen atoms in total. The monoisotopic (exact) mass is 345 g/mol. The Morgan fingerprint density at radius 1 is 1.32 bits per heavy atom. The number of aromatic nitrogens is 1. The summed E-state index contributed by atoms with van der Waals surface area (Å²) in [6.07, 6.45) is -1.40. The summed E-state index contributed by atoms with van der Waals surface area (Å²) in [6.45, 7) is 1.53. The molecule has 0 aliphatic heterocycles. The van der Waals surface area contributed by atoms with Crippen LogP contribution in [0.3, 0.4) is 0 Å². The number of Topliss-reactive ketones (excluding diaryl/α,β-unsaturated/α-hetero) is 1. The third kappa shape index (κ3) is 4.19. The van der Waals surface area contributed by atoms with Gasteiger partial charge in [0, 0.05) is 11.6 Å². The molecule has 1 aromatic heterocycles. The van der Waals surface area contributed by atoms with Crippen LogP contribution in [-0.2, 0) is 0 Å². The summed E-state index contributed by atoms with van der Waals surface area (Å²) < 4.78 is 0. The minimum Gasteiger partial charge on any atom is -0.465 e. The van der Waals surface area contributed by atoms with Crippen LogP contribution >= 0.6 is 0 Å². The fraction of sp³-hybridized carbons (Fsp3) is 0.133. The number of ketones is 1. The van der Waals surface area contributed by atoms with Crippen LogP contribution < -0.4 is 16.4 Å². The first-order valence-corrected chi connectivity index (χ1v) is 7.10. The molecule has 0 spiro atoms. The highest BCUT2D eigenvalue weighted by atomic mass is 16.6. The second-order valence-corrected chi connectivity index (χ2v) is 5.07. The van der Waals surface area contributed by atoms with E-state index in [1.54, 1.807) is 30.3 Å². The molecule has 0 radical (unpaired) electrons. The number of anilines is 3. The lowest BCUT2D eigenvalue weighted by molar-refractivity contribution is -0.383. The summed E-state index contributed by atoms with van der Waals surface area (Å²) in [5.74, 6) is -0.964. The van der Waals surface area contributed by atoms with Crippen molar-refractivity contribution < 1.29 is 19.6 Å². The van der Waals surface area contributed by atoms with Gasteiger partial charge in [0.1, 0.15) is 11.5 Å². The van der Waals surface area contributed by atoms with Gasteiger partial charge < -0.3 is 16.2 Å². The third-order valence-electron chi connectivity index (χ3n) is 3.26. The van der Waals surface area contributed by atoms with Gasteiger partial charge in [0.15, 0.2) is 5.78 Å². The van der Waals surface area contributed by atoms with Crippen LogP contribution in [-0.4, -0.2) is 32.9 Å². The van der Waals surface area contributed by atoms with E-state index in [9.17, 15) is 19.7 Å². The van der Waals surface area contributed by atoms with Crippen molar-refractivity contribution in [2.45, 2.75) is 13.0 Å². The number of carbonyl (C=O) groups excluding carboxylic acids is 1. The van der Waals surface area contributed by atoms with Crippen molar-refractivity contribution in [3.63, 3.8) is 0 Å². The minimum atomic E-state index is -1.40. The first-order valence-electron chi connectivity index (χ1n) is 7.10. The van der Waals surface area contributed by atoms with Crippen LogP contribution in [0.2, 0.25) is 0 Å². The Kier molecular flexibility index (Phi) is 5.12. The van der Waals surface area contributed by atoms with E-state index >= 15 is 0 Å². The molecule has 1 aromatic carbocycles. The Balaban J connectivity index is 2.36. The molecule has 5 N–H and O–H groups in total. The van der Waals surface area contributed by atoms with Crippen molar-refractivity contribution in [2.75, 3.05) is 16.4 Å². The van der Waals surface area contributed by atoms with Crippen LogP contribution in [0.15, 0.2) is 36.4 Å². The van der Waals surface area contributed by atoms with Crippen molar-refractivity contribution in [1.82, 2.24) is 4.98 Å². The molecule has 2 rings (SSSR count). The van der Waals surface area contributed by atoms with Gasteiger partial charge >= 0.3 is 11.8 Å². The van der Waals surface area contributed by atoms with Gasteiger partial charge in [-0.05, 0) is 6.92 Å². The van der Waals surface area contributed by atoms with Crippen molar-refractivity contribution in [1.29, 1.82) is 0 Å². The van der Waals surface area contributed by atoms with E-state index in [1.165, 1.54) is 6.92 Å². The highest BCUT2D eigenvalue weighted by Gasteiger charge is 2.25. The van der Waals surface area contributed by atoms with E-state index in [4.69, 9.17) is 10.8 Å². The number of nitrogen functional groups attached to an aromatic ring is 1. The number of nitrogens with zero attached hydrogens (tertiary/aromatic N) is 2. The quantitative estimate of drug-likeness (QED) is 0.352. The van der Waals surface area contributed by atoms with Gasteiger partial charge in [-0.25, -0.2) is 9.78 Å². The van der Waals surface area contributed by atoms with E-state index in [-0.39, 0.29) is 17.3 Å². The predicted molar refractivity (Wildman–Crippen MR) is 90.8 cm³/mol. The van der Waals surface area contributed by atoms with Gasteiger partial charge in [-0.15, -0.1) is 0 Å². The Hall–Kier alpha value is -3.69. The molecule has 0 bridgehead atoms. The molecule has 0 fully saturated rings. The van der Waals surface area contributed by atoms with E-state index in [0.29, 0.717) is 5.56 Å². The summed E-state index contributed by atoms with van der Waals surface area (Å²) in [5.41, 5.74) is 5.33. The van der Waals surface area contributed by atoms with Crippen LogP contribution in [0.4, 0.5) is 27.8 Å². The maximum Gasteiger partial charge on any atom is 0.410 e. The summed E-state index contributed by atoms with van der Waals surface area (Å²) in [5, 5.41) is 24.6. The molecule has 1 amide bonds. The predicted octanol–water partition coefficient (Wildman–Crippen LogP) is 2.35. The lowest BCUT2D eigenvalue weighted by Crippen LogP contribution is -2.27. The lowest BCUT2D eigenvalue weighted by Gasteiger charge is -2.15. The molecule has 0 aliphatic carbocycles. The molecule has 25 heavy (non-hydrogen) atoms. The lowest BCUT2D eigenvalue weighted by atomic mass is 10.1. The van der Waals surface area contributed by atoms with Gasteiger partial charge in [-0.2, -0.15) is 0 Å². The molecule has 0 saturated heterocycles. The van der Waals surface area contributed by atoms with Gasteiger partial charge in [0.2, 0.25) is 5.82 Å². The molecule has 0 saturated carbocycles. The molecule has 130 valence electrons. The highest BCUT2D eigenvalue weighted by Crippen LogP contribution is 2.32. The summed E-state index contributed by atoms with van der Waals surface area (Å²) in [4.78, 5) is 37.2. The largest absolute Gasteiger partial charge is 0.465 e. The number of nitro groups is 1. The number of hydrogen-bond donors (Lipinski definition) is 4. The van der Waals surface area contributed by atoms with Crippen molar-refractivity contribution in [2.24, 2.45) is 0 Å².